The molecule has 0 saturated carbocycles. The van der Waals surface area contributed by atoms with Crippen LogP contribution in [0.3, 0.4) is 0 Å². The number of aliphatic imine (C=N–C) groups is 1. The van der Waals surface area contributed by atoms with Crippen LogP contribution in [-0.2, 0) is 16.4 Å². The van der Waals surface area contributed by atoms with Crippen molar-refractivity contribution >= 4 is 21.7 Å². The summed E-state index contributed by atoms with van der Waals surface area (Å²) in [4.78, 5) is 4.32. The number of sulfonamides is 1. The molecule has 31 heavy (non-hydrogen) atoms. The molecule has 0 saturated heterocycles. The molecule has 10 heteroatoms. The zero-order valence-corrected chi connectivity index (χ0v) is 18.4. The quantitative estimate of drug-likeness (QED) is 0.396. The van der Waals surface area contributed by atoms with Gasteiger partial charge < -0.3 is 24.8 Å². The molecule has 0 aliphatic carbocycles. The minimum absolute atomic E-state index is 0.0483. The van der Waals surface area contributed by atoms with Crippen molar-refractivity contribution in [1.82, 2.24) is 5.32 Å². The fourth-order valence-electron chi connectivity index (χ4n) is 2.87. The number of benzene rings is 2. The number of ether oxygens (including phenoxy) is 3. The third kappa shape index (κ3) is 7.65. The molecule has 0 bridgehead atoms. The summed E-state index contributed by atoms with van der Waals surface area (Å²) < 4.78 is 38.8. The van der Waals surface area contributed by atoms with Crippen molar-refractivity contribution in [3.8, 4) is 17.2 Å². The number of guanidine groups is 1. The smallest absolute Gasteiger partial charge is 0.231 e. The van der Waals surface area contributed by atoms with E-state index < -0.39 is 10.0 Å². The van der Waals surface area contributed by atoms with E-state index in [1.165, 1.54) is 0 Å². The Kier molecular flexibility index (Phi) is 7.59. The molecular formula is C21H28N4O5S. The van der Waals surface area contributed by atoms with Crippen molar-refractivity contribution < 1.29 is 22.6 Å². The molecule has 0 radical (unpaired) electrons. The van der Waals surface area contributed by atoms with E-state index in [0.717, 1.165) is 28.5 Å². The van der Waals surface area contributed by atoms with Gasteiger partial charge in [0.05, 0.1) is 18.4 Å². The second kappa shape index (κ2) is 10.4. The van der Waals surface area contributed by atoms with E-state index in [9.17, 15) is 8.42 Å². The lowest BCUT2D eigenvalue weighted by Gasteiger charge is -2.14. The topological polar surface area (TPSA) is 124 Å². The van der Waals surface area contributed by atoms with Crippen molar-refractivity contribution in [1.29, 1.82) is 0 Å². The van der Waals surface area contributed by atoms with Crippen LogP contribution in [0.1, 0.15) is 19.4 Å². The molecule has 0 fully saturated rings. The van der Waals surface area contributed by atoms with Crippen LogP contribution in [0.2, 0.25) is 0 Å². The highest BCUT2D eigenvalue weighted by atomic mass is 32.2. The second-order valence-corrected chi connectivity index (χ2v) is 9.01. The fraction of sp³-hybridized carbons (Fsp3) is 0.381. The molecule has 9 nitrogen and oxygen atoms in total. The molecule has 0 aromatic heterocycles. The summed E-state index contributed by atoms with van der Waals surface area (Å²) in [6, 6.07) is 13.3. The number of fused-ring (bicyclic) bond motifs is 1. The lowest BCUT2D eigenvalue weighted by Crippen LogP contribution is -2.33. The predicted octanol–water partition coefficient (Wildman–Crippen LogP) is 2.09. The Labute approximate surface area is 182 Å². The van der Waals surface area contributed by atoms with Gasteiger partial charge in [-0.05, 0) is 62.2 Å². The fourth-order valence-corrected chi connectivity index (χ4v) is 3.22. The summed E-state index contributed by atoms with van der Waals surface area (Å²) in [6.07, 6.45) is 0.806. The number of rotatable bonds is 9. The molecule has 4 N–H and O–H groups in total. The van der Waals surface area contributed by atoms with E-state index in [1.54, 1.807) is 0 Å². The van der Waals surface area contributed by atoms with Crippen molar-refractivity contribution in [2.75, 3.05) is 31.0 Å². The highest BCUT2D eigenvalue weighted by Crippen LogP contribution is 2.32. The van der Waals surface area contributed by atoms with E-state index >= 15 is 0 Å². The van der Waals surface area contributed by atoms with Crippen LogP contribution in [0.15, 0.2) is 47.5 Å². The van der Waals surface area contributed by atoms with E-state index in [4.69, 9.17) is 19.3 Å². The minimum Gasteiger partial charge on any atom is -0.491 e. The van der Waals surface area contributed by atoms with Gasteiger partial charge in [0.1, 0.15) is 5.75 Å². The van der Waals surface area contributed by atoms with Crippen molar-refractivity contribution in [2.24, 2.45) is 10.1 Å². The number of hydrogen-bond donors (Lipinski definition) is 3. The molecule has 3 rings (SSSR count). The van der Waals surface area contributed by atoms with E-state index in [0.29, 0.717) is 18.9 Å². The maximum atomic E-state index is 11.2. The summed E-state index contributed by atoms with van der Waals surface area (Å²) in [5, 5.41) is 11.5. The van der Waals surface area contributed by atoms with Gasteiger partial charge >= 0.3 is 0 Å². The zero-order chi connectivity index (χ0) is 22.3. The summed E-state index contributed by atoms with van der Waals surface area (Å²) in [5.74, 6) is 2.48. The van der Waals surface area contributed by atoms with Crippen LogP contribution >= 0.6 is 0 Å². The number of hydrogen-bond acceptors (Lipinski definition) is 6. The van der Waals surface area contributed by atoms with Crippen LogP contribution in [0.5, 0.6) is 17.2 Å². The third-order valence-corrected chi connectivity index (χ3v) is 5.03. The molecule has 1 aliphatic rings. The molecule has 1 aliphatic heterocycles. The molecular weight excluding hydrogens is 420 g/mol. The van der Waals surface area contributed by atoms with Gasteiger partial charge in [-0.25, -0.2) is 13.6 Å². The summed E-state index contributed by atoms with van der Waals surface area (Å²) >= 11 is 0. The summed E-state index contributed by atoms with van der Waals surface area (Å²) in [5.41, 5.74) is 1.87. The molecule has 0 spiro atoms. The predicted molar refractivity (Wildman–Crippen MR) is 120 cm³/mol. The number of nitrogens with one attached hydrogen (secondary N) is 2. The number of anilines is 1. The maximum Gasteiger partial charge on any atom is 0.231 e. The lowest BCUT2D eigenvalue weighted by molar-refractivity contribution is 0.174. The van der Waals surface area contributed by atoms with Crippen LogP contribution in [-0.4, -0.2) is 46.1 Å². The van der Waals surface area contributed by atoms with Gasteiger partial charge in [-0.1, -0.05) is 6.07 Å². The Morgan fingerprint density at radius 2 is 1.90 bits per heavy atom. The molecule has 2 aromatic carbocycles. The maximum absolute atomic E-state index is 11.2. The Hall–Kier alpha value is -2.98. The monoisotopic (exact) mass is 448 g/mol. The number of primary sulfonamides is 1. The first-order valence-corrected chi connectivity index (χ1v) is 11.7. The van der Waals surface area contributed by atoms with Gasteiger partial charge in [0.2, 0.25) is 16.8 Å². The van der Waals surface area contributed by atoms with Crippen LogP contribution < -0.4 is 30.0 Å². The first kappa shape index (κ1) is 22.7. The summed E-state index contributed by atoms with van der Waals surface area (Å²) in [7, 11) is -3.58. The van der Waals surface area contributed by atoms with Crippen LogP contribution in [0, 0.1) is 0 Å². The van der Waals surface area contributed by atoms with E-state index in [2.05, 4.69) is 15.6 Å². The molecule has 0 unspecified atom stereocenters. The third-order valence-electron chi connectivity index (χ3n) is 4.28. The van der Waals surface area contributed by atoms with Gasteiger partial charge in [-0.15, -0.1) is 0 Å². The highest BCUT2D eigenvalue weighted by Gasteiger charge is 2.13. The first-order valence-electron chi connectivity index (χ1n) is 9.99. The molecule has 0 amide bonds. The van der Waals surface area contributed by atoms with Gasteiger partial charge in [0.25, 0.3) is 0 Å². The molecule has 1 heterocycles. The van der Waals surface area contributed by atoms with Crippen molar-refractivity contribution in [3.63, 3.8) is 0 Å². The van der Waals surface area contributed by atoms with Gasteiger partial charge in [0, 0.05) is 12.2 Å². The Bertz CT molecular complexity index is 1010. The summed E-state index contributed by atoms with van der Waals surface area (Å²) in [6.45, 7) is 4.80. The molecule has 2 aromatic rings. The highest BCUT2D eigenvalue weighted by molar-refractivity contribution is 7.89. The van der Waals surface area contributed by atoms with Gasteiger partial charge in [0.15, 0.2) is 17.5 Å². The first-order chi connectivity index (χ1) is 14.8. The van der Waals surface area contributed by atoms with Gasteiger partial charge in [-0.3, -0.25) is 4.99 Å². The number of nitrogens with zero attached hydrogens (tertiary/aromatic N) is 1. The Morgan fingerprint density at radius 3 is 2.61 bits per heavy atom. The molecule has 168 valence electrons. The molecule has 0 atom stereocenters. The SMILES string of the molecule is CC(C)Oc1ccc(NC(=NCCS(N)(=O)=O)NCCc2ccc3c(c2)OCO3)cc1. The zero-order valence-electron chi connectivity index (χ0n) is 17.6. The van der Waals surface area contributed by atoms with Crippen LogP contribution in [0.25, 0.3) is 0 Å². The Balaban J connectivity index is 1.61. The lowest BCUT2D eigenvalue weighted by atomic mass is 10.1. The van der Waals surface area contributed by atoms with Crippen LogP contribution in [0.4, 0.5) is 5.69 Å². The average molecular weight is 449 g/mol. The average Bonchev–Trinajstić information content (AvgIpc) is 3.16. The standard InChI is InChI=1S/C21H28N4O5S/c1-15(2)30-18-6-4-17(5-7-18)25-21(24-11-12-31(22,26)27)23-10-9-16-3-8-19-20(13-16)29-14-28-19/h3-8,13,15H,9-12,14H2,1-2H3,(H2,22,26,27)(H2,23,24,25). The largest absolute Gasteiger partial charge is 0.491 e. The van der Waals surface area contributed by atoms with Gasteiger partial charge in [-0.2, -0.15) is 0 Å². The normalized spacial score (nSPS) is 13.4. The van der Waals surface area contributed by atoms with Crippen molar-refractivity contribution in [2.45, 2.75) is 26.4 Å². The second-order valence-electron chi connectivity index (χ2n) is 7.28. The minimum atomic E-state index is -3.58. The van der Waals surface area contributed by atoms with Crippen molar-refractivity contribution in [3.05, 3.63) is 48.0 Å². The number of nitrogens with two attached hydrogens (primary N) is 1. The van der Waals surface area contributed by atoms with E-state index in [1.807, 2.05) is 56.3 Å². The Morgan fingerprint density at radius 1 is 1.16 bits per heavy atom. The van der Waals surface area contributed by atoms with E-state index in [-0.39, 0.29) is 25.2 Å².